The van der Waals surface area contributed by atoms with Crippen molar-refractivity contribution in [3.8, 4) is 0 Å². The fraction of sp³-hybridized carbons (Fsp3) is 0.541. The highest BCUT2D eigenvalue weighted by molar-refractivity contribution is 6.21. The number of ketones is 2. The summed E-state index contributed by atoms with van der Waals surface area (Å²) in [5.41, 5.74) is -0.190. The highest BCUT2D eigenvalue weighted by atomic mass is 16.5. The van der Waals surface area contributed by atoms with Gasteiger partial charge in [0.05, 0.1) is 24.3 Å². The van der Waals surface area contributed by atoms with Crippen LogP contribution in [0.15, 0.2) is 71.5 Å². The molecule has 2 bridgehead atoms. The van der Waals surface area contributed by atoms with Crippen molar-refractivity contribution in [1.82, 2.24) is 10.6 Å². The van der Waals surface area contributed by atoms with Crippen LogP contribution in [-0.4, -0.2) is 65.4 Å². The lowest BCUT2D eigenvalue weighted by molar-refractivity contribution is -0.158. The van der Waals surface area contributed by atoms with E-state index in [1.807, 2.05) is 19.1 Å². The topological polar surface area (TPSA) is 148 Å². The predicted octanol–water partition coefficient (Wildman–Crippen LogP) is 4.41. The summed E-state index contributed by atoms with van der Waals surface area (Å²) in [6.45, 7) is 3.59. The summed E-state index contributed by atoms with van der Waals surface area (Å²) >= 11 is 0. The maximum absolute atomic E-state index is 13.5. The Bertz CT molecular complexity index is 1390. The molecule has 10 nitrogen and oxygen atoms in total. The van der Waals surface area contributed by atoms with Crippen molar-refractivity contribution in [3.05, 3.63) is 71.5 Å². The molecule has 3 N–H and O–H groups in total. The summed E-state index contributed by atoms with van der Waals surface area (Å²) in [7, 11) is 1.47. The number of nitrogens with one attached hydrogen (secondary N) is 2. The molecule has 2 amide bonds. The van der Waals surface area contributed by atoms with Gasteiger partial charge in [0.15, 0.2) is 5.78 Å². The second-order valence-electron chi connectivity index (χ2n) is 13.1. The maximum Gasteiger partial charge on any atom is 0.332 e. The summed E-state index contributed by atoms with van der Waals surface area (Å²) < 4.78 is 11.4. The van der Waals surface area contributed by atoms with E-state index in [1.54, 1.807) is 37.3 Å². The number of carbonyl (C=O) groups excluding carboxylic acids is 5. The van der Waals surface area contributed by atoms with Crippen LogP contribution in [0.5, 0.6) is 0 Å². The van der Waals surface area contributed by atoms with Crippen LogP contribution in [0.1, 0.15) is 84.5 Å². The SMILES string of the molecule is CO[C@H]1/C=C/C=C/C=C/C[C@H](OC(=O)C2(NC(=O)C3CCCCC3)CC2)[C@@H](C)[C@H](O)/C(C)=C/CCC2=CC(=O)C=C(NC(=O)C1)C2=O. The molecular formula is C37H48N2O8. The molecule has 254 valence electrons. The lowest BCUT2D eigenvalue weighted by atomic mass is 9.88. The first-order valence-corrected chi connectivity index (χ1v) is 16.7. The second-order valence-corrected chi connectivity index (χ2v) is 13.1. The minimum Gasteiger partial charge on any atom is -0.460 e. The number of ether oxygens (including phenoxy) is 2. The van der Waals surface area contributed by atoms with Crippen LogP contribution in [0.4, 0.5) is 0 Å². The minimum absolute atomic E-state index is 0.0537. The number of Topliss-reactive ketones (excluding diaryl/α,β-unsaturated/α-hetero) is 1. The number of fused-ring (bicyclic) bond motifs is 2. The summed E-state index contributed by atoms with van der Waals surface area (Å²) in [4.78, 5) is 64.6. The Morgan fingerprint density at radius 3 is 2.45 bits per heavy atom. The van der Waals surface area contributed by atoms with E-state index < -0.39 is 53.2 Å². The van der Waals surface area contributed by atoms with Gasteiger partial charge in [0.25, 0.3) is 0 Å². The number of methoxy groups -OCH3 is 1. The van der Waals surface area contributed by atoms with Crippen molar-refractivity contribution >= 4 is 29.4 Å². The van der Waals surface area contributed by atoms with E-state index in [9.17, 15) is 29.1 Å². The van der Waals surface area contributed by atoms with Crippen LogP contribution in [0.2, 0.25) is 0 Å². The summed E-state index contributed by atoms with van der Waals surface area (Å²) in [5, 5.41) is 16.9. The smallest absolute Gasteiger partial charge is 0.332 e. The van der Waals surface area contributed by atoms with Gasteiger partial charge >= 0.3 is 5.97 Å². The van der Waals surface area contributed by atoms with Gasteiger partial charge < -0.3 is 25.2 Å². The standard InChI is InChI=1S/C37H48N2O8/c1-24-13-12-16-27-21-28(40)22-30(34(27)43)38-32(41)23-29(46-3)17-10-5-4-6-11-18-31(25(2)33(24)42)47-36(45)37(19-20-37)39-35(44)26-14-8-7-9-15-26/h4-6,10-11,13,17,21-22,25-26,29,31,33,42H,7-9,12,14-16,18-20,23H2,1-3H3,(H,38,41)(H,39,44)/b5-4+,11-6+,17-10+,24-13+/t25-,29+,31+,33-/m1/s1. The molecular weight excluding hydrogens is 600 g/mol. The van der Waals surface area contributed by atoms with Crippen LogP contribution in [0.3, 0.4) is 0 Å². The van der Waals surface area contributed by atoms with E-state index in [-0.39, 0.29) is 35.9 Å². The molecule has 4 aliphatic rings. The van der Waals surface area contributed by atoms with Gasteiger partial charge in [-0.15, -0.1) is 0 Å². The van der Waals surface area contributed by atoms with Crippen molar-refractivity contribution in [2.75, 3.05) is 7.11 Å². The van der Waals surface area contributed by atoms with Gasteiger partial charge in [-0.1, -0.05) is 68.7 Å². The molecule has 0 radical (unpaired) electrons. The number of carbonyl (C=O) groups is 5. The molecule has 0 aromatic carbocycles. The van der Waals surface area contributed by atoms with Crippen LogP contribution < -0.4 is 10.6 Å². The zero-order valence-electron chi connectivity index (χ0n) is 27.7. The van der Waals surface area contributed by atoms with Crippen LogP contribution in [0, 0.1) is 11.8 Å². The molecule has 2 fully saturated rings. The number of amides is 2. The normalized spacial score (nSPS) is 31.0. The van der Waals surface area contributed by atoms with Crippen molar-refractivity contribution in [2.24, 2.45) is 11.8 Å². The number of hydrogen-bond donors (Lipinski definition) is 3. The fourth-order valence-electron chi connectivity index (χ4n) is 6.18. The Hall–Kier alpha value is -3.89. The first-order chi connectivity index (χ1) is 22.5. The average molecular weight is 649 g/mol. The van der Waals surface area contributed by atoms with E-state index in [1.165, 1.54) is 13.2 Å². The van der Waals surface area contributed by atoms with Gasteiger partial charge in [-0.25, -0.2) is 4.79 Å². The van der Waals surface area contributed by atoms with Gasteiger partial charge in [-0.3, -0.25) is 19.2 Å². The number of rotatable bonds is 5. The molecule has 0 aromatic heterocycles. The molecule has 0 aromatic rings. The van der Waals surface area contributed by atoms with Crippen molar-refractivity contribution in [3.63, 3.8) is 0 Å². The molecule has 10 heteroatoms. The summed E-state index contributed by atoms with van der Waals surface area (Å²) in [5.74, 6) is -2.41. The van der Waals surface area contributed by atoms with Crippen LogP contribution in [0.25, 0.3) is 0 Å². The molecule has 2 saturated carbocycles. The Kier molecular flexibility index (Phi) is 12.8. The molecule has 3 aliphatic carbocycles. The first kappa shape index (κ1) is 36.0. The maximum atomic E-state index is 13.5. The molecule has 4 rings (SSSR count). The molecule has 0 saturated heterocycles. The Morgan fingerprint density at radius 1 is 1.02 bits per heavy atom. The third kappa shape index (κ3) is 10.0. The third-order valence-electron chi connectivity index (χ3n) is 9.43. The molecule has 4 atom stereocenters. The monoisotopic (exact) mass is 648 g/mol. The third-order valence-corrected chi connectivity index (χ3v) is 9.43. The number of hydrogen-bond acceptors (Lipinski definition) is 8. The molecule has 0 unspecified atom stereocenters. The summed E-state index contributed by atoms with van der Waals surface area (Å²) in [6, 6.07) is 0. The van der Waals surface area contributed by atoms with Crippen molar-refractivity contribution in [1.29, 1.82) is 0 Å². The first-order valence-electron chi connectivity index (χ1n) is 16.7. The zero-order valence-corrected chi connectivity index (χ0v) is 27.7. The minimum atomic E-state index is -1.01. The number of allylic oxidation sites excluding steroid dienone is 8. The molecule has 47 heavy (non-hydrogen) atoms. The number of aliphatic hydroxyl groups excluding tert-OH is 1. The highest BCUT2D eigenvalue weighted by Gasteiger charge is 2.54. The van der Waals surface area contributed by atoms with E-state index in [4.69, 9.17) is 9.47 Å². The Morgan fingerprint density at radius 2 is 1.74 bits per heavy atom. The zero-order chi connectivity index (χ0) is 34.0. The molecule has 0 spiro atoms. The van der Waals surface area contributed by atoms with Gasteiger partial charge in [0.2, 0.25) is 17.6 Å². The van der Waals surface area contributed by atoms with Crippen LogP contribution in [-0.2, 0) is 33.4 Å². The van der Waals surface area contributed by atoms with Gasteiger partial charge in [0, 0.05) is 37.0 Å². The largest absolute Gasteiger partial charge is 0.460 e. The molecule has 1 aliphatic heterocycles. The Labute approximate surface area is 277 Å². The van der Waals surface area contributed by atoms with E-state index in [2.05, 4.69) is 10.6 Å². The highest BCUT2D eigenvalue weighted by Crippen LogP contribution is 2.39. The Balaban J connectivity index is 1.52. The van der Waals surface area contributed by atoms with Crippen LogP contribution >= 0.6 is 0 Å². The van der Waals surface area contributed by atoms with Gasteiger partial charge in [0.1, 0.15) is 11.6 Å². The lowest BCUT2D eigenvalue weighted by Gasteiger charge is -2.30. The van der Waals surface area contributed by atoms with E-state index in [0.717, 1.165) is 38.2 Å². The predicted molar refractivity (Wildman–Crippen MR) is 176 cm³/mol. The van der Waals surface area contributed by atoms with Crippen molar-refractivity contribution in [2.45, 2.75) is 108 Å². The molecule has 1 heterocycles. The number of esters is 1. The van der Waals surface area contributed by atoms with E-state index >= 15 is 0 Å². The van der Waals surface area contributed by atoms with E-state index in [0.29, 0.717) is 31.3 Å². The average Bonchev–Trinajstić information content (AvgIpc) is 3.84. The van der Waals surface area contributed by atoms with Gasteiger partial charge in [-0.05, 0) is 57.1 Å². The second kappa shape index (κ2) is 16.8. The van der Waals surface area contributed by atoms with Crippen molar-refractivity contribution < 1.29 is 38.6 Å². The summed E-state index contributed by atoms with van der Waals surface area (Å²) in [6.07, 6.45) is 19.4. The quantitative estimate of drug-likeness (QED) is 0.226. The van der Waals surface area contributed by atoms with Gasteiger partial charge in [-0.2, -0.15) is 0 Å². The lowest BCUT2D eigenvalue weighted by Crippen LogP contribution is -2.48. The fourth-order valence-corrected chi connectivity index (χ4v) is 6.18. The number of aliphatic hydroxyl groups is 1.